The number of hydrogen-bond acceptors (Lipinski definition) is 8. The zero-order valence-electron chi connectivity index (χ0n) is 16.6. The molecule has 4 N–H and O–H groups in total. The lowest BCUT2D eigenvalue weighted by atomic mass is 10.2. The van der Waals surface area contributed by atoms with Gasteiger partial charge in [0.05, 0.1) is 16.6 Å². The summed E-state index contributed by atoms with van der Waals surface area (Å²) in [7, 11) is 1.98. The van der Waals surface area contributed by atoms with E-state index in [4.69, 9.17) is 4.74 Å². The summed E-state index contributed by atoms with van der Waals surface area (Å²) in [5, 5.41) is 17.2. The van der Waals surface area contributed by atoms with Gasteiger partial charge in [-0.15, -0.1) is 0 Å². The van der Waals surface area contributed by atoms with E-state index in [1.807, 2.05) is 7.05 Å². The lowest BCUT2D eigenvalue weighted by molar-refractivity contribution is -0.123. The summed E-state index contributed by atoms with van der Waals surface area (Å²) in [5.41, 5.74) is 1.64. The molecule has 1 aliphatic heterocycles. The monoisotopic (exact) mass is 409 g/mol. The number of H-pyrrole nitrogens is 1. The number of nitrogens with one attached hydrogen (secondary N) is 3. The fraction of sp³-hybridized carbons (Fsp3) is 0.300. The number of benzene rings is 1. The van der Waals surface area contributed by atoms with Gasteiger partial charge in [-0.05, 0) is 19.2 Å². The summed E-state index contributed by atoms with van der Waals surface area (Å²) >= 11 is 0. The van der Waals surface area contributed by atoms with Crippen molar-refractivity contribution in [1.29, 1.82) is 0 Å². The molecule has 0 spiro atoms. The molecule has 4 rings (SSSR count). The molecule has 1 amide bonds. The van der Waals surface area contributed by atoms with E-state index < -0.39 is 0 Å². The SMILES string of the molecule is CN1CCNC(=O)COc2cccc(c2)N=Cc2c(O)[nH]c3ncnc(c23)NCC1. The average Bonchev–Trinajstić information content (AvgIpc) is 3.06. The van der Waals surface area contributed by atoms with Gasteiger partial charge < -0.3 is 30.4 Å². The fourth-order valence-electron chi connectivity index (χ4n) is 3.15. The molecule has 1 aromatic carbocycles. The smallest absolute Gasteiger partial charge is 0.257 e. The highest BCUT2D eigenvalue weighted by Gasteiger charge is 2.15. The van der Waals surface area contributed by atoms with Crippen molar-refractivity contribution in [3.05, 3.63) is 36.2 Å². The van der Waals surface area contributed by atoms with Crippen LogP contribution in [0.5, 0.6) is 11.6 Å². The second-order valence-electron chi connectivity index (χ2n) is 6.96. The van der Waals surface area contributed by atoms with Crippen molar-refractivity contribution in [1.82, 2.24) is 25.2 Å². The van der Waals surface area contributed by atoms with Gasteiger partial charge in [0.15, 0.2) is 12.5 Å². The number of carbonyl (C=O) groups is 1. The Kier molecular flexibility index (Phi) is 5.75. The van der Waals surface area contributed by atoms with Crippen LogP contribution in [0.3, 0.4) is 0 Å². The van der Waals surface area contributed by atoms with E-state index >= 15 is 0 Å². The zero-order valence-corrected chi connectivity index (χ0v) is 16.6. The normalized spacial score (nSPS) is 16.2. The van der Waals surface area contributed by atoms with Crippen LogP contribution in [0.15, 0.2) is 35.6 Å². The number of carbonyl (C=O) groups excluding carboxylic acids is 1. The topological polar surface area (TPSA) is 128 Å². The molecule has 30 heavy (non-hydrogen) atoms. The summed E-state index contributed by atoms with van der Waals surface area (Å²) < 4.78 is 5.57. The Bertz CT molecular complexity index is 1080. The lowest BCUT2D eigenvalue weighted by Crippen LogP contribution is -2.37. The highest BCUT2D eigenvalue weighted by Crippen LogP contribution is 2.30. The predicted octanol–water partition coefficient (Wildman–Crippen LogP) is 1.27. The van der Waals surface area contributed by atoms with Crippen LogP contribution in [0, 0.1) is 0 Å². The highest BCUT2D eigenvalue weighted by molar-refractivity contribution is 6.06. The molecule has 2 bridgehead atoms. The van der Waals surface area contributed by atoms with Gasteiger partial charge in [-0.2, -0.15) is 0 Å². The molecule has 156 valence electrons. The largest absolute Gasteiger partial charge is 0.494 e. The minimum absolute atomic E-state index is 0.0344. The van der Waals surface area contributed by atoms with Crippen molar-refractivity contribution >= 4 is 34.7 Å². The van der Waals surface area contributed by atoms with Gasteiger partial charge in [-0.1, -0.05) is 6.07 Å². The Morgan fingerprint density at radius 1 is 1.17 bits per heavy atom. The molecule has 10 heteroatoms. The van der Waals surface area contributed by atoms with Gasteiger partial charge in [-0.3, -0.25) is 9.79 Å². The molecule has 1 aliphatic rings. The highest BCUT2D eigenvalue weighted by atomic mass is 16.5. The molecule has 0 radical (unpaired) electrons. The maximum Gasteiger partial charge on any atom is 0.257 e. The van der Waals surface area contributed by atoms with Gasteiger partial charge in [0, 0.05) is 38.5 Å². The summed E-state index contributed by atoms with van der Waals surface area (Å²) in [4.78, 5) is 29.9. The predicted molar refractivity (Wildman–Crippen MR) is 114 cm³/mol. The van der Waals surface area contributed by atoms with E-state index in [2.05, 4.69) is 35.5 Å². The van der Waals surface area contributed by atoms with Gasteiger partial charge in [0.25, 0.3) is 5.91 Å². The second kappa shape index (κ2) is 8.78. The molecule has 0 unspecified atom stereocenters. The first-order valence-electron chi connectivity index (χ1n) is 9.62. The first-order valence-corrected chi connectivity index (χ1v) is 9.62. The molecule has 3 aromatic rings. The van der Waals surface area contributed by atoms with E-state index in [0.717, 1.165) is 6.54 Å². The van der Waals surface area contributed by atoms with Crippen LogP contribution in [-0.2, 0) is 4.79 Å². The summed E-state index contributed by atoms with van der Waals surface area (Å²) in [5.74, 6) is 0.930. The van der Waals surface area contributed by atoms with E-state index in [1.54, 1.807) is 30.5 Å². The lowest BCUT2D eigenvalue weighted by Gasteiger charge is -2.17. The number of nitrogens with zero attached hydrogens (tertiary/aromatic N) is 4. The van der Waals surface area contributed by atoms with E-state index in [1.165, 1.54) is 6.33 Å². The first kappa shape index (κ1) is 19.6. The second-order valence-corrected chi connectivity index (χ2v) is 6.96. The van der Waals surface area contributed by atoms with Crippen molar-refractivity contribution in [2.75, 3.05) is 45.2 Å². The molecule has 3 heterocycles. The Labute approximate surface area is 173 Å². The molecule has 0 saturated heterocycles. The van der Waals surface area contributed by atoms with Gasteiger partial charge in [0.2, 0.25) is 0 Å². The summed E-state index contributed by atoms with van der Waals surface area (Å²) in [6.07, 6.45) is 3.00. The number of ether oxygens (including phenoxy) is 1. The minimum Gasteiger partial charge on any atom is -0.494 e. The molecule has 10 nitrogen and oxygen atoms in total. The maximum absolute atomic E-state index is 12.0. The molecular weight excluding hydrogens is 386 g/mol. The average molecular weight is 409 g/mol. The summed E-state index contributed by atoms with van der Waals surface area (Å²) in [6.45, 7) is 2.52. The number of aromatic nitrogens is 3. The third-order valence-corrected chi connectivity index (χ3v) is 4.74. The number of amides is 1. The Hall–Kier alpha value is -3.66. The van der Waals surface area contributed by atoms with Crippen LogP contribution >= 0.6 is 0 Å². The third-order valence-electron chi connectivity index (χ3n) is 4.74. The van der Waals surface area contributed by atoms with Crippen LogP contribution < -0.4 is 15.4 Å². The maximum atomic E-state index is 12.0. The number of rotatable bonds is 0. The third kappa shape index (κ3) is 4.49. The van der Waals surface area contributed by atoms with Crippen LogP contribution in [0.25, 0.3) is 11.0 Å². The van der Waals surface area contributed by atoms with Gasteiger partial charge in [0.1, 0.15) is 23.5 Å². The van der Waals surface area contributed by atoms with Crippen molar-refractivity contribution < 1.29 is 14.6 Å². The fourth-order valence-corrected chi connectivity index (χ4v) is 3.15. The minimum atomic E-state index is -0.179. The van der Waals surface area contributed by atoms with E-state index in [0.29, 0.717) is 53.5 Å². The van der Waals surface area contributed by atoms with Crippen molar-refractivity contribution in [3.8, 4) is 11.6 Å². The van der Waals surface area contributed by atoms with Crippen LogP contribution in [0.1, 0.15) is 5.56 Å². The van der Waals surface area contributed by atoms with Crippen LogP contribution in [0.4, 0.5) is 11.5 Å². The number of fused-ring (bicyclic) bond motifs is 2. The molecule has 0 aliphatic carbocycles. The van der Waals surface area contributed by atoms with Crippen LogP contribution in [-0.4, -0.2) is 76.9 Å². The first-order chi connectivity index (χ1) is 14.6. The Balaban J connectivity index is 1.69. The summed E-state index contributed by atoms with van der Waals surface area (Å²) in [6, 6.07) is 7.08. The van der Waals surface area contributed by atoms with E-state index in [-0.39, 0.29) is 18.4 Å². The molecule has 0 atom stereocenters. The molecule has 0 saturated carbocycles. The van der Waals surface area contributed by atoms with Crippen LogP contribution in [0.2, 0.25) is 0 Å². The number of aromatic hydroxyl groups is 1. The number of aromatic amines is 1. The van der Waals surface area contributed by atoms with Crippen molar-refractivity contribution in [2.45, 2.75) is 0 Å². The number of anilines is 1. The quantitative estimate of drug-likeness (QED) is 0.440. The molecule has 0 fully saturated rings. The number of aliphatic imine (C=N–C) groups is 1. The van der Waals surface area contributed by atoms with Crippen molar-refractivity contribution in [3.63, 3.8) is 0 Å². The van der Waals surface area contributed by atoms with Gasteiger partial charge in [-0.25, -0.2) is 9.97 Å². The standard InChI is InChI=1S/C20H23N7O3/c1-27-7-5-21-16(28)11-30-14-4-2-3-13(9-14)23-10-15-17-18(22-6-8-27)24-12-25-19(17)26-20(15)29/h2-4,9-10,12,29H,5-8,11H2,1H3,(H,21,28)(H2,22,24,25,26). The molecular formula is C20H23N7O3. The van der Waals surface area contributed by atoms with E-state index in [9.17, 15) is 9.90 Å². The molecule has 2 aromatic heterocycles. The van der Waals surface area contributed by atoms with Crippen molar-refractivity contribution in [2.24, 2.45) is 4.99 Å². The zero-order chi connectivity index (χ0) is 20.9. The number of hydrogen-bond donors (Lipinski definition) is 4. The number of likely N-dealkylation sites (N-methyl/N-ethyl adjacent to an activating group) is 1. The Morgan fingerprint density at radius 2 is 2.00 bits per heavy atom. The Morgan fingerprint density at radius 3 is 2.87 bits per heavy atom. The van der Waals surface area contributed by atoms with Gasteiger partial charge >= 0.3 is 0 Å².